The number of nitrogens with zero attached hydrogens (tertiary/aromatic N) is 1. The molecule has 1 heterocycles. The van der Waals surface area contributed by atoms with Crippen molar-refractivity contribution < 1.29 is 34.2 Å². The Hall–Kier alpha value is -3.25. The maximum absolute atomic E-state index is 14.3. The largest absolute Gasteiger partial charge is 0.492 e. The maximum Gasteiger partial charge on any atom is 0.492 e. The molecule has 45 heavy (non-hydrogen) atoms. The fourth-order valence-corrected chi connectivity index (χ4v) is 5.95. The molecule has 0 bridgehead atoms. The van der Waals surface area contributed by atoms with E-state index >= 15 is 0 Å². The highest BCUT2D eigenvalue weighted by Gasteiger charge is 2.37. The first kappa shape index (κ1) is 34.6. The van der Waals surface area contributed by atoms with E-state index in [1.54, 1.807) is 13.0 Å². The van der Waals surface area contributed by atoms with Gasteiger partial charge in [-0.3, -0.25) is 9.80 Å². The van der Waals surface area contributed by atoms with E-state index in [1.165, 1.54) is 11.1 Å². The Kier molecular flexibility index (Phi) is 11.8. The Bertz CT molecular complexity index is 1400. The molecule has 3 unspecified atom stereocenters. The summed E-state index contributed by atoms with van der Waals surface area (Å²) in [5, 5.41) is 33.4. The maximum atomic E-state index is 14.3. The predicted molar refractivity (Wildman–Crippen MR) is 175 cm³/mol. The van der Waals surface area contributed by atoms with Crippen molar-refractivity contribution in [2.75, 3.05) is 19.8 Å². The molecule has 0 aliphatic carbocycles. The fourth-order valence-electron chi connectivity index (χ4n) is 5.95. The van der Waals surface area contributed by atoms with E-state index in [0.717, 1.165) is 36.0 Å². The molecule has 3 aromatic rings. The molecule has 1 fully saturated rings. The van der Waals surface area contributed by atoms with Crippen LogP contribution in [0.1, 0.15) is 90.5 Å². The number of aliphatic hydroxyl groups excluding tert-OH is 1. The smallest absolute Gasteiger partial charge is 0.491 e. The van der Waals surface area contributed by atoms with Crippen molar-refractivity contribution in [3.63, 3.8) is 0 Å². The molecule has 1 saturated heterocycles. The second-order valence-electron chi connectivity index (χ2n) is 12.8. The van der Waals surface area contributed by atoms with Gasteiger partial charge in [0.05, 0.1) is 12.6 Å². The van der Waals surface area contributed by atoms with Gasteiger partial charge in [0, 0.05) is 23.2 Å². The van der Waals surface area contributed by atoms with Crippen molar-refractivity contribution in [1.29, 1.82) is 0 Å². The quantitative estimate of drug-likeness (QED) is 0.100. The van der Waals surface area contributed by atoms with Crippen molar-refractivity contribution in [3.05, 3.63) is 94.0 Å². The summed E-state index contributed by atoms with van der Waals surface area (Å²) in [6.07, 6.45) is 1.27. The number of amides is 1. The Labute approximate surface area is 267 Å². The monoisotopic (exact) mass is 618 g/mol. The molecule has 10 heteroatoms. The minimum absolute atomic E-state index is 0.144. The Morgan fingerprint density at radius 3 is 2.31 bits per heavy atom. The third kappa shape index (κ3) is 8.94. The first-order valence-corrected chi connectivity index (χ1v) is 15.6. The van der Waals surface area contributed by atoms with Gasteiger partial charge in [-0.05, 0) is 68.7 Å². The minimum atomic E-state index is -1.79. The summed E-state index contributed by atoms with van der Waals surface area (Å²) in [5.74, 6) is -0.0534. The molecule has 0 radical (unpaired) electrons. The van der Waals surface area contributed by atoms with Crippen LogP contribution in [0.3, 0.4) is 0 Å². The summed E-state index contributed by atoms with van der Waals surface area (Å²) in [6, 6.07) is 18.1. The number of aliphatic hydroxyl groups is 1. The molecular formula is C35H47BN2O7. The Balaban J connectivity index is 1.66. The lowest BCUT2D eigenvalue weighted by Gasteiger charge is -2.42. The van der Waals surface area contributed by atoms with Gasteiger partial charge in [-0.1, -0.05) is 80.4 Å². The molecule has 0 saturated carbocycles. The lowest BCUT2D eigenvalue weighted by molar-refractivity contribution is -0.165. The molecule has 4 N–H and O–H groups in total. The van der Waals surface area contributed by atoms with Crippen LogP contribution in [0.15, 0.2) is 60.7 Å². The van der Waals surface area contributed by atoms with Crippen LogP contribution in [0.4, 0.5) is 0 Å². The summed E-state index contributed by atoms with van der Waals surface area (Å²) in [5.41, 5.74) is 7.10. The van der Waals surface area contributed by atoms with Crippen LogP contribution in [-0.2, 0) is 9.47 Å². The van der Waals surface area contributed by atoms with Crippen molar-refractivity contribution >= 4 is 18.5 Å². The second kappa shape index (κ2) is 15.4. The normalized spacial score (nSPS) is 16.6. The fraction of sp³-hybridized carbons (Fsp3) is 0.457. The molecule has 9 nitrogen and oxygen atoms in total. The van der Waals surface area contributed by atoms with Gasteiger partial charge >= 0.3 is 7.12 Å². The summed E-state index contributed by atoms with van der Waals surface area (Å²) >= 11 is 0. The summed E-state index contributed by atoms with van der Waals surface area (Å²) in [6.45, 7) is 12.8. The number of carbonyl (C=O) groups is 1. The topological polar surface area (TPSA) is 121 Å². The number of rotatable bonds is 12. The zero-order chi connectivity index (χ0) is 32.7. The van der Waals surface area contributed by atoms with Gasteiger partial charge in [-0.25, -0.2) is 0 Å². The highest BCUT2D eigenvalue weighted by Crippen LogP contribution is 2.39. The number of nitrogens with one attached hydrogen (secondary N) is 1. The van der Waals surface area contributed by atoms with E-state index in [1.807, 2.05) is 62.4 Å². The van der Waals surface area contributed by atoms with Crippen LogP contribution >= 0.6 is 0 Å². The summed E-state index contributed by atoms with van der Waals surface area (Å²) < 4.78 is 17.4. The van der Waals surface area contributed by atoms with E-state index in [0.29, 0.717) is 23.3 Å². The zero-order valence-corrected chi connectivity index (χ0v) is 27.2. The summed E-state index contributed by atoms with van der Waals surface area (Å²) in [7, 11) is -1.79. The molecular weight excluding hydrogens is 571 g/mol. The van der Waals surface area contributed by atoms with Gasteiger partial charge in [0.25, 0.3) is 5.91 Å². The third-order valence-electron chi connectivity index (χ3n) is 7.97. The molecule has 3 atom stereocenters. The SMILES string of the molecule is Cc1cc(C)cc(C(=O)N(NC(O)c2ccc(B(O)O)c(OCCOC3CCCCO3)c2C)C(c2ccccc2)C(C)(C)C)c1. The Morgan fingerprint density at radius 2 is 1.71 bits per heavy atom. The molecule has 1 aliphatic rings. The average molecular weight is 619 g/mol. The van der Waals surface area contributed by atoms with E-state index in [2.05, 4.69) is 26.2 Å². The van der Waals surface area contributed by atoms with E-state index in [-0.39, 0.29) is 36.6 Å². The van der Waals surface area contributed by atoms with Gasteiger partial charge in [0.2, 0.25) is 0 Å². The van der Waals surface area contributed by atoms with Gasteiger partial charge in [-0.2, -0.15) is 5.43 Å². The number of aryl methyl sites for hydroxylation is 2. The van der Waals surface area contributed by atoms with Crippen molar-refractivity contribution in [1.82, 2.24) is 10.4 Å². The Morgan fingerprint density at radius 1 is 1.02 bits per heavy atom. The number of benzene rings is 3. The van der Waals surface area contributed by atoms with Crippen molar-refractivity contribution in [3.8, 4) is 5.75 Å². The van der Waals surface area contributed by atoms with Crippen molar-refractivity contribution in [2.24, 2.45) is 5.41 Å². The number of ether oxygens (including phenoxy) is 3. The van der Waals surface area contributed by atoms with Crippen LogP contribution in [0.5, 0.6) is 5.75 Å². The second-order valence-corrected chi connectivity index (χ2v) is 12.8. The first-order valence-electron chi connectivity index (χ1n) is 15.6. The predicted octanol–water partition coefficient (Wildman–Crippen LogP) is 4.64. The molecule has 1 aliphatic heterocycles. The minimum Gasteiger partial charge on any atom is -0.491 e. The standard InChI is InChI=1S/C35H47BN2O7/c1-23-20-24(2)22-27(21-23)34(40)38(32(35(4,5)6)26-12-8-7-9-13-26)37-33(39)28-15-16-29(36(41)42)31(25(28)3)45-19-18-44-30-14-10-11-17-43-30/h7-9,12-13,15-16,20-22,30,32-33,37,39,41-42H,10-11,14,17-19H2,1-6H3. The average Bonchev–Trinajstić information content (AvgIpc) is 2.98. The van der Waals surface area contributed by atoms with Crippen LogP contribution in [0.2, 0.25) is 0 Å². The summed E-state index contributed by atoms with van der Waals surface area (Å²) in [4.78, 5) is 14.3. The van der Waals surface area contributed by atoms with E-state index in [4.69, 9.17) is 14.2 Å². The van der Waals surface area contributed by atoms with Crippen LogP contribution in [0.25, 0.3) is 0 Å². The van der Waals surface area contributed by atoms with E-state index in [9.17, 15) is 19.9 Å². The van der Waals surface area contributed by atoms with Gasteiger partial charge < -0.3 is 29.4 Å². The lowest BCUT2D eigenvalue weighted by atomic mass is 9.77. The number of hydrogen-bond acceptors (Lipinski definition) is 8. The van der Waals surface area contributed by atoms with Crippen molar-refractivity contribution in [2.45, 2.75) is 79.4 Å². The highest BCUT2D eigenvalue weighted by atomic mass is 16.7. The van der Waals surface area contributed by atoms with Gasteiger partial charge in [0.1, 0.15) is 18.6 Å². The number of hydrazine groups is 1. The molecule has 1 amide bonds. The first-order chi connectivity index (χ1) is 21.4. The van der Waals surface area contributed by atoms with Gasteiger partial charge in [-0.15, -0.1) is 0 Å². The third-order valence-corrected chi connectivity index (χ3v) is 7.97. The number of hydrogen-bond donors (Lipinski definition) is 4. The van der Waals surface area contributed by atoms with E-state index < -0.39 is 24.8 Å². The molecule has 0 spiro atoms. The molecule has 0 aromatic heterocycles. The molecule has 4 rings (SSSR count). The lowest BCUT2D eigenvalue weighted by Crippen LogP contribution is -2.50. The van der Waals surface area contributed by atoms with Crippen LogP contribution in [-0.4, -0.2) is 59.3 Å². The molecule has 3 aromatic carbocycles. The van der Waals surface area contributed by atoms with Crippen LogP contribution < -0.4 is 15.6 Å². The highest BCUT2D eigenvalue weighted by molar-refractivity contribution is 6.59. The zero-order valence-electron chi connectivity index (χ0n) is 27.2. The molecule has 242 valence electrons. The number of carbonyl (C=O) groups excluding carboxylic acids is 1. The van der Waals surface area contributed by atoms with Crippen LogP contribution in [0, 0.1) is 26.2 Å². The van der Waals surface area contributed by atoms with Gasteiger partial charge in [0.15, 0.2) is 6.29 Å².